The average molecular weight is 220 g/mol. The lowest BCUT2D eigenvalue weighted by Crippen LogP contribution is -1.85. The fourth-order valence-electron chi connectivity index (χ4n) is 1.33. The van der Waals surface area contributed by atoms with Crippen LogP contribution in [0.1, 0.15) is 4.88 Å². The lowest BCUT2D eigenvalue weighted by Gasteiger charge is -1.98. The molecule has 0 saturated heterocycles. The molecule has 0 fully saturated rings. The van der Waals surface area contributed by atoms with E-state index < -0.39 is 0 Å². The minimum atomic E-state index is 0.445. The van der Waals surface area contributed by atoms with Gasteiger partial charge in [-0.2, -0.15) is 5.26 Å². The van der Waals surface area contributed by atoms with Gasteiger partial charge >= 0.3 is 0 Å². The Hall–Kier alpha value is -1.18. The fourth-order valence-corrected chi connectivity index (χ4v) is 2.64. The molecule has 2 rings (SSSR count). The quantitative estimate of drug-likeness (QED) is 0.573. The standard InChI is InChI=1S/C10H8N2S2/c11-4-3-7-5-6-1-2-8(13)9(12)10(6)14-7/h1-2,5,13H,3,12H2. The molecule has 0 bridgehead atoms. The number of nitrogens with zero attached hydrogens (tertiary/aromatic N) is 1. The predicted molar refractivity (Wildman–Crippen MR) is 62.8 cm³/mol. The van der Waals surface area contributed by atoms with Gasteiger partial charge in [0.1, 0.15) is 0 Å². The predicted octanol–water partition coefficient (Wildman–Crippen LogP) is 2.84. The van der Waals surface area contributed by atoms with Crippen molar-refractivity contribution in [1.29, 1.82) is 5.26 Å². The average Bonchev–Trinajstić information content (AvgIpc) is 2.56. The third-order valence-electron chi connectivity index (χ3n) is 2.01. The van der Waals surface area contributed by atoms with E-state index in [0.29, 0.717) is 12.1 Å². The maximum absolute atomic E-state index is 8.58. The molecule has 4 heteroatoms. The van der Waals surface area contributed by atoms with Gasteiger partial charge in [-0.1, -0.05) is 6.07 Å². The van der Waals surface area contributed by atoms with Crippen LogP contribution in [-0.2, 0) is 6.42 Å². The van der Waals surface area contributed by atoms with Gasteiger partial charge in [-0.05, 0) is 17.5 Å². The Morgan fingerprint density at radius 1 is 1.50 bits per heavy atom. The molecule has 0 aliphatic carbocycles. The van der Waals surface area contributed by atoms with Crippen molar-refractivity contribution >= 4 is 39.7 Å². The van der Waals surface area contributed by atoms with E-state index in [2.05, 4.69) is 18.7 Å². The van der Waals surface area contributed by atoms with Crippen LogP contribution in [0.2, 0.25) is 0 Å². The van der Waals surface area contributed by atoms with E-state index in [4.69, 9.17) is 11.0 Å². The van der Waals surface area contributed by atoms with Crippen LogP contribution in [0.25, 0.3) is 10.1 Å². The molecular weight excluding hydrogens is 212 g/mol. The van der Waals surface area contributed by atoms with E-state index in [-0.39, 0.29) is 0 Å². The van der Waals surface area contributed by atoms with Crippen molar-refractivity contribution in [3.8, 4) is 6.07 Å². The second-order valence-corrected chi connectivity index (χ2v) is 4.58. The van der Waals surface area contributed by atoms with Gasteiger partial charge in [0.15, 0.2) is 0 Å². The lowest BCUT2D eigenvalue weighted by atomic mass is 10.2. The number of nitriles is 1. The lowest BCUT2D eigenvalue weighted by molar-refractivity contribution is 1.32. The summed E-state index contributed by atoms with van der Waals surface area (Å²) in [5, 5.41) is 9.67. The van der Waals surface area contributed by atoms with E-state index in [1.165, 1.54) is 0 Å². The molecule has 0 amide bonds. The van der Waals surface area contributed by atoms with Crippen molar-refractivity contribution in [2.24, 2.45) is 0 Å². The van der Waals surface area contributed by atoms with Gasteiger partial charge in [0, 0.05) is 9.77 Å². The molecule has 2 N–H and O–H groups in total. The van der Waals surface area contributed by atoms with Crippen molar-refractivity contribution in [3.05, 3.63) is 23.1 Å². The highest BCUT2D eigenvalue weighted by Gasteiger charge is 2.06. The zero-order chi connectivity index (χ0) is 10.1. The molecule has 0 aliphatic heterocycles. The summed E-state index contributed by atoms with van der Waals surface area (Å²) in [5.41, 5.74) is 6.59. The van der Waals surface area contributed by atoms with Gasteiger partial charge in [-0.3, -0.25) is 0 Å². The Morgan fingerprint density at radius 2 is 2.29 bits per heavy atom. The molecule has 2 aromatic rings. The molecule has 0 spiro atoms. The summed E-state index contributed by atoms with van der Waals surface area (Å²) in [6.07, 6.45) is 0.445. The van der Waals surface area contributed by atoms with Crippen molar-refractivity contribution in [2.45, 2.75) is 11.3 Å². The maximum Gasteiger partial charge on any atom is 0.0696 e. The van der Waals surface area contributed by atoms with Crippen LogP contribution in [0.15, 0.2) is 23.1 Å². The summed E-state index contributed by atoms with van der Waals surface area (Å²) >= 11 is 5.82. The molecule has 70 valence electrons. The number of hydrogen-bond donors (Lipinski definition) is 2. The second kappa shape index (κ2) is 3.52. The van der Waals surface area contributed by atoms with Crippen molar-refractivity contribution in [3.63, 3.8) is 0 Å². The summed E-state index contributed by atoms with van der Waals surface area (Å²) in [6.45, 7) is 0. The second-order valence-electron chi connectivity index (χ2n) is 2.96. The van der Waals surface area contributed by atoms with Gasteiger partial charge < -0.3 is 5.73 Å². The highest BCUT2D eigenvalue weighted by molar-refractivity contribution is 7.80. The molecule has 0 aliphatic rings. The number of fused-ring (bicyclic) bond motifs is 1. The molecule has 0 saturated carbocycles. The number of hydrogen-bond acceptors (Lipinski definition) is 4. The minimum absolute atomic E-state index is 0.445. The summed E-state index contributed by atoms with van der Waals surface area (Å²) < 4.78 is 1.03. The molecule has 1 aromatic carbocycles. The minimum Gasteiger partial charge on any atom is -0.397 e. The Labute approximate surface area is 91.4 Å². The SMILES string of the molecule is N#CCc1cc2ccc(S)c(N)c2s1. The number of thiophene rings is 1. The molecule has 0 atom stereocenters. The van der Waals surface area contributed by atoms with Crippen molar-refractivity contribution in [2.75, 3.05) is 5.73 Å². The molecule has 1 aromatic heterocycles. The van der Waals surface area contributed by atoms with E-state index in [9.17, 15) is 0 Å². The van der Waals surface area contributed by atoms with Gasteiger partial charge in [0.25, 0.3) is 0 Å². The third kappa shape index (κ3) is 1.45. The Morgan fingerprint density at radius 3 is 3.00 bits per heavy atom. The van der Waals surface area contributed by atoms with Crippen LogP contribution in [0.3, 0.4) is 0 Å². The highest BCUT2D eigenvalue weighted by atomic mass is 32.1. The Balaban J connectivity index is 2.66. The van der Waals surface area contributed by atoms with Crippen LogP contribution < -0.4 is 5.73 Å². The molecule has 0 radical (unpaired) electrons. The van der Waals surface area contributed by atoms with Crippen molar-refractivity contribution in [1.82, 2.24) is 0 Å². The molecule has 0 unspecified atom stereocenters. The van der Waals surface area contributed by atoms with Crippen LogP contribution in [0.4, 0.5) is 5.69 Å². The fraction of sp³-hybridized carbons (Fsp3) is 0.100. The van der Waals surface area contributed by atoms with Gasteiger partial charge in [-0.25, -0.2) is 0 Å². The van der Waals surface area contributed by atoms with Crippen LogP contribution in [-0.4, -0.2) is 0 Å². The Kier molecular flexibility index (Phi) is 2.36. The summed E-state index contributed by atoms with van der Waals surface area (Å²) in [7, 11) is 0. The molecular formula is C10H8N2S2. The third-order valence-corrected chi connectivity index (χ3v) is 3.58. The van der Waals surface area contributed by atoms with E-state index >= 15 is 0 Å². The van der Waals surface area contributed by atoms with Gasteiger partial charge in [-0.15, -0.1) is 24.0 Å². The first-order chi connectivity index (χ1) is 6.72. The number of thiol groups is 1. The zero-order valence-corrected chi connectivity index (χ0v) is 9.03. The number of nitrogens with two attached hydrogens (primary N) is 1. The molecule has 14 heavy (non-hydrogen) atoms. The van der Waals surface area contributed by atoms with Crippen LogP contribution in [0, 0.1) is 11.3 Å². The summed E-state index contributed by atoms with van der Waals surface area (Å²) in [4.78, 5) is 1.84. The highest BCUT2D eigenvalue weighted by Crippen LogP contribution is 2.34. The first kappa shape index (κ1) is 9.38. The molecule has 1 heterocycles. The number of nitrogen functional groups attached to an aromatic ring is 1. The topological polar surface area (TPSA) is 49.8 Å². The van der Waals surface area contributed by atoms with Crippen molar-refractivity contribution < 1.29 is 0 Å². The maximum atomic E-state index is 8.58. The Bertz CT molecular complexity index is 523. The smallest absolute Gasteiger partial charge is 0.0696 e. The van der Waals surface area contributed by atoms with Gasteiger partial charge in [0.2, 0.25) is 0 Å². The molecule has 2 nitrogen and oxygen atoms in total. The largest absolute Gasteiger partial charge is 0.397 e. The first-order valence-corrected chi connectivity index (χ1v) is 5.35. The van der Waals surface area contributed by atoms with Crippen LogP contribution in [0.5, 0.6) is 0 Å². The zero-order valence-electron chi connectivity index (χ0n) is 7.32. The number of benzene rings is 1. The monoisotopic (exact) mass is 220 g/mol. The number of anilines is 1. The first-order valence-electron chi connectivity index (χ1n) is 4.09. The normalized spacial score (nSPS) is 10.3. The number of rotatable bonds is 1. The van der Waals surface area contributed by atoms with Crippen LogP contribution >= 0.6 is 24.0 Å². The van der Waals surface area contributed by atoms with E-state index in [0.717, 1.165) is 19.9 Å². The summed E-state index contributed by atoms with van der Waals surface area (Å²) in [6, 6.07) is 7.99. The summed E-state index contributed by atoms with van der Waals surface area (Å²) in [5.74, 6) is 0. The van der Waals surface area contributed by atoms with E-state index in [1.54, 1.807) is 11.3 Å². The van der Waals surface area contributed by atoms with E-state index in [1.807, 2.05) is 18.2 Å². The van der Waals surface area contributed by atoms with Gasteiger partial charge in [0.05, 0.1) is 22.9 Å².